The van der Waals surface area contributed by atoms with Gasteiger partial charge in [0.15, 0.2) is 0 Å². The number of hydrogen-bond donors (Lipinski definition) is 1. The summed E-state index contributed by atoms with van der Waals surface area (Å²) in [6.45, 7) is 4.80. The lowest BCUT2D eigenvalue weighted by molar-refractivity contribution is -0.139. The fourth-order valence-electron chi connectivity index (χ4n) is 3.39. The fourth-order valence-corrected chi connectivity index (χ4v) is 4.64. The summed E-state index contributed by atoms with van der Waals surface area (Å²) in [7, 11) is 1.59. The summed E-state index contributed by atoms with van der Waals surface area (Å²) >= 11 is 7.38. The summed E-state index contributed by atoms with van der Waals surface area (Å²) in [5.41, 5.74) is 1.24. The number of amides is 2. The normalized spacial score (nSPS) is 11.7. The first-order valence-corrected chi connectivity index (χ1v) is 12.6. The lowest BCUT2D eigenvalue weighted by atomic mass is 10.1. The van der Waals surface area contributed by atoms with Crippen LogP contribution in [0.15, 0.2) is 42.5 Å². The Balaban J connectivity index is 2.16. The third-order valence-electron chi connectivity index (χ3n) is 5.24. The number of carbonyl (C=O) groups is 2. The summed E-state index contributed by atoms with van der Waals surface area (Å²) in [4.78, 5) is 27.8. The van der Waals surface area contributed by atoms with Crippen molar-refractivity contribution >= 4 is 35.2 Å². The summed E-state index contributed by atoms with van der Waals surface area (Å²) in [5, 5.41) is 3.28. The molecule has 0 aliphatic carbocycles. The van der Waals surface area contributed by atoms with E-state index in [1.54, 1.807) is 24.1 Å². The van der Waals surface area contributed by atoms with Gasteiger partial charge in [-0.15, -0.1) is 11.8 Å². The van der Waals surface area contributed by atoms with Crippen LogP contribution in [0, 0.1) is 5.82 Å². The highest BCUT2D eigenvalue weighted by Gasteiger charge is 2.28. The molecule has 1 atom stereocenters. The van der Waals surface area contributed by atoms with E-state index in [9.17, 15) is 14.0 Å². The quantitative estimate of drug-likeness (QED) is 0.376. The maximum absolute atomic E-state index is 14.1. The lowest BCUT2D eigenvalue weighted by Crippen LogP contribution is -2.49. The summed E-state index contributed by atoms with van der Waals surface area (Å²) < 4.78 is 19.4. The molecule has 0 unspecified atom stereocenters. The van der Waals surface area contributed by atoms with Crippen LogP contribution in [-0.4, -0.2) is 42.2 Å². The van der Waals surface area contributed by atoms with Crippen LogP contribution < -0.4 is 10.1 Å². The molecule has 0 saturated carbocycles. The van der Waals surface area contributed by atoms with Crippen molar-refractivity contribution in [1.29, 1.82) is 0 Å². The van der Waals surface area contributed by atoms with Crippen LogP contribution in [-0.2, 0) is 21.9 Å². The van der Waals surface area contributed by atoms with E-state index in [2.05, 4.69) is 12.2 Å². The van der Waals surface area contributed by atoms with Crippen molar-refractivity contribution in [2.75, 3.05) is 19.4 Å². The second-order valence-corrected chi connectivity index (χ2v) is 9.03. The van der Waals surface area contributed by atoms with E-state index < -0.39 is 11.9 Å². The van der Waals surface area contributed by atoms with E-state index in [1.165, 1.54) is 17.8 Å². The molecule has 2 aromatic rings. The van der Waals surface area contributed by atoms with Crippen LogP contribution >= 0.6 is 23.4 Å². The predicted molar refractivity (Wildman–Crippen MR) is 133 cm³/mol. The molecule has 2 aromatic carbocycles. The standard InChI is InChI=1S/C25H32ClFN2O3S/c1-4-6-13-28-25(31)23(5-2)29(15-18-9-7-10-19(14-18)32-3)24(30)17-33-16-20-21(26)11-8-12-22(20)27/h7-12,14,23H,4-6,13,15-17H2,1-3H3,(H,28,31)/t23-/m1/s1. The number of halogens is 2. The molecule has 0 aliphatic heterocycles. The Labute approximate surface area is 205 Å². The maximum Gasteiger partial charge on any atom is 0.242 e. The van der Waals surface area contributed by atoms with Gasteiger partial charge in [0.25, 0.3) is 0 Å². The Morgan fingerprint density at radius 2 is 1.97 bits per heavy atom. The molecule has 5 nitrogen and oxygen atoms in total. The molecule has 1 N–H and O–H groups in total. The lowest BCUT2D eigenvalue weighted by Gasteiger charge is -2.30. The van der Waals surface area contributed by atoms with Gasteiger partial charge >= 0.3 is 0 Å². The Morgan fingerprint density at radius 1 is 1.21 bits per heavy atom. The molecular weight excluding hydrogens is 463 g/mol. The number of methoxy groups -OCH3 is 1. The van der Waals surface area contributed by atoms with Gasteiger partial charge in [0.2, 0.25) is 11.8 Å². The molecule has 0 aromatic heterocycles. The predicted octanol–water partition coefficient (Wildman–Crippen LogP) is 5.44. The first-order chi connectivity index (χ1) is 15.9. The molecule has 0 radical (unpaired) electrons. The second-order valence-electron chi connectivity index (χ2n) is 7.63. The van der Waals surface area contributed by atoms with Crippen LogP contribution in [0.1, 0.15) is 44.2 Å². The van der Waals surface area contributed by atoms with Gasteiger partial charge in [0.05, 0.1) is 12.9 Å². The second kappa shape index (κ2) is 14.1. The molecule has 0 fully saturated rings. The van der Waals surface area contributed by atoms with Gasteiger partial charge < -0.3 is 15.0 Å². The average molecular weight is 495 g/mol. The van der Waals surface area contributed by atoms with E-state index in [0.29, 0.717) is 29.3 Å². The molecule has 33 heavy (non-hydrogen) atoms. The Morgan fingerprint density at radius 3 is 2.64 bits per heavy atom. The van der Waals surface area contributed by atoms with Gasteiger partial charge in [0.1, 0.15) is 17.6 Å². The van der Waals surface area contributed by atoms with E-state index in [-0.39, 0.29) is 29.9 Å². The Hall–Kier alpha value is -2.25. The highest BCUT2D eigenvalue weighted by atomic mass is 35.5. The number of thioether (sulfide) groups is 1. The Bertz CT molecular complexity index is 908. The van der Waals surface area contributed by atoms with Crippen LogP contribution in [0.5, 0.6) is 5.75 Å². The van der Waals surface area contributed by atoms with Crippen molar-refractivity contribution in [3.63, 3.8) is 0 Å². The van der Waals surface area contributed by atoms with Crippen LogP contribution in [0.4, 0.5) is 4.39 Å². The molecular formula is C25H32ClFN2O3S. The third kappa shape index (κ3) is 8.23. The van der Waals surface area contributed by atoms with Crippen molar-refractivity contribution in [3.05, 3.63) is 64.4 Å². The zero-order valence-electron chi connectivity index (χ0n) is 19.4. The number of ether oxygens (including phenoxy) is 1. The maximum atomic E-state index is 14.1. The first-order valence-electron chi connectivity index (χ1n) is 11.1. The third-order valence-corrected chi connectivity index (χ3v) is 6.53. The summed E-state index contributed by atoms with van der Waals surface area (Å²) in [6.07, 6.45) is 2.33. The SMILES string of the molecule is CCCCNC(=O)[C@@H](CC)N(Cc1cccc(OC)c1)C(=O)CSCc1c(F)cccc1Cl. The Kier molecular flexibility index (Phi) is 11.5. The number of nitrogens with one attached hydrogen (secondary N) is 1. The zero-order chi connectivity index (χ0) is 24.2. The van der Waals surface area contributed by atoms with E-state index in [1.807, 2.05) is 31.2 Å². The van der Waals surface area contributed by atoms with E-state index >= 15 is 0 Å². The molecule has 8 heteroatoms. The highest BCUT2D eigenvalue weighted by molar-refractivity contribution is 7.99. The largest absolute Gasteiger partial charge is 0.497 e. The number of carbonyl (C=O) groups excluding carboxylic acids is 2. The smallest absolute Gasteiger partial charge is 0.242 e. The van der Waals surface area contributed by atoms with Crippen LogP contribution in [0.3, 0.4) is 0 Å². The molecule has 2 amide bonds. The van der Waals surface area contributed by atoms with Gasteiger partial charge in [-0.3, -0.25) is 9.59 Å². The molecule has 180 valence electrons. The van der Waals surface area contributed by atoms with Gasteiger partial charge in [0, 0.05) is 29.4 Å². The molecule has 2 rings (SSSR count). The molecule has 0 saturated heterocycles. The number of rotatable bonds is 13. The number of nitrogens with zero attached hydrogens (tertiary/aromatic N) is 1. The van der Waals surface area contributed by atoms with Crippen molar-refractivity contribution in [3.8, 4) is 5.75 Å². The number of hydrogen-bond acceptors (Lipinski definition) is 4. The van der Waals surface area contributed by atoms with Crippen molar-refractivity contribution in [2.24, 2.45) is 0 Å². The van der Waals surface area contributed by atoms with Gasteiger partial charge in [-0.25, -0.2) is 4.39 Å². The van der Waals surface area contributed by atoms with Gasteiger partial charge in [-0.05, 0) is 42.7 Å². The van der Waals surface area contributed by atoms with Crippen molar-refractivity contribution in [1.82, 2.24) is 10.2 Å². The van der Waals surface area contributed by atoms with Crippen molar-refractivity contribution in [2.45, 2.75) is 51.4 Å². The molecule has 0 spiro atoms. The molecule has 0 aliphatic rings. The summed E-state index contributed by atoms with van der Waals surface area (Å²) in [6, 6.07) is 11.4. The van der Waals surface area contributed by atoms with Crippen LogP contribution in [0.25, 0.3) is 0 Å². The van der Waals surface area contributed by atoms with Gasteiger partial charge in [-0.1, -0.05) is 50.1 Å². The zero-order valence-corrected chi connectivity index (χ0v) is 21.0. The minimum Gasteiger partial charge on any atom is -0.497 e. The van der Waals surface area contributed by atoms with E-state index in [0.717, 1.165) is 18.4 Å². The van der Waals surface area contributed by atoms with E-state index in [4.69, 9.17) is 16.3 Å². The van der Waals surface area contributed by atoms with Crippen LogP contribution in [0.2, 0.25) is 5.02 Å². The topological polar surface area (TPSA) is 58.6 Å². The highest BCUT2D eigenvalue weighted by Crippen LogP contribution is 2.25. The minimum atomic E-state index is -0.599. The number of unbranched alkanes of at least 4 members (excludes halogenated alkanes) is 1. The van der Waals surface area contributed by atoms with Crippen molar-refractivity contribution < 1.29 is 18.7 Å². The molecule has 0 bridgehead atoms. The first kappa shape index (κ1) is 27.0. The number of benzene rings is 2. The van der Waals surface area contributed by atoms with Gasteiger partial charge in [-0.2, -0.15) is 0 Å². The average Bonchev–Trinajstić information content (AvgIpc) is 2.81. The minimum absolute atomic E-state index is 0.105. The monoisotopic (exact) mass is 494 g/mol. The fraction of sp³-hybridized carbons (Fsp3) is 0.440. The summed E-state index contributed by atoms with van der Waals surface area (Å²) in [5.74, 6) is 0.315. The molecule has 0 heterocycles.